The number of pyridine rings is 2. The Bertz CT molecular complexity index is 2970. The van der Waals surface area contributed by atoms with Crippen LogP contribution in [0.3, 0.4) is 0 Å². The second-order valence-corrected chi connectivity index (χ2v) is 50.9. The number of esters is 2. The molecule has 1 aliphatic heterocycles. The number of fused-ring (bicyclic) bond motifs is 3. The molecule has 2 aromatic heterocycles. The number of benzene rings is 4. The van der Waals surface area contributed by atoms with Crippen LogP contribution in [0.2, 0.25) is 10.0 Å². The van der Waals surface area contributed by atoms with Crippen molar-refractivity contribution < 1.29 is 38.3 Å². The van der Waals surface area contributed by atoms with Crippen LogP contribution in [0.1, 0.15) is 64.5 Å². The molecule has 1 unspecified atom stereocenters. The molecule has 6 aromatic rings. The Morgan fingerprint density at radius 2 is 1.24 bits per heavy atom. The van der Waals surface area contributed by atoms with Gasteiger partial charge in [0, 0.05) is 88.1 Å². The number of methoxy groups -OCH3 is 2. The molecule has 0 N–H and O–H groups in total. The topological polar surface area (TPSA) is 144 Å². The fourth-order valence-electron chi connectivity index (χ4n) is 7.08. The van der Waals surface area contributed by atoms with Crippen LogP contribution in [0, 0.1) is 0 Å². The first-order valence-electron chi connectivity index (χ1n) is 20.7. The van der Waals surface area contributed by atoms with E-state index in [1.807, 2.05) is 30.3 Å². The Labute approximate surface area is 441 Å². The molecule has 0 bridgehead atoms. The summed E-state index contributed by atoms with van der Waals surface area (Å²) in [5, 5.41) is 1.14. The molecule has 1 atom stereocenters. The number of aromatic nitrogens is 2. The van der Waals surface area contributed by atoms with Crippen molar-refractivity contribution >= 4 is 113 Å². The first kappa shape index (κ1) is 54.7. The summed E-state index contributed by atoms with van der Waals surface area (Å²) in [4.78, 5) is 67.1. The Balaban J connectivity index is 0.000000236. The van der Waals surface area contributed by atoms with Gasteiger partial charge in [0.1, 0.15) is 11.5 Å². The molecule has 0 spiro atoms. The normalized spacial score (nSPS) is 12.5. The van der Waals surface area contributed by atoms with E-state index >= 15 is 0 Å². The van der Waals surface area contributed by atoms with Gasteiger partial charge in [0.05, 0.1) is 45.6 Å². The summed E-state index contributed by atoms with van der Waals surface area (Å²) in [6.45, 7) is 3.99. The van der Waals surface area contributed by atoms with Gasteiger partial charge in [-0.2, -0.15) is 0 Å². The Morgan fingerprint density at radius 1 is 0.691 bits per heavy atom. The first-order valence-corrected chi connectivity index (χ1v) is 35.0. The van der Waals surface area contributed by atoms with Gasteiger partial charge in [-0.1, -0.05) is 35.3 Å². The summed E-state index contributed by atoms with van der Waals surface area (Å²) < 4.78 is 23.9. The third-order valence-electron chi connectivity index (χ3n) is 10.3. The molecule has 7 rings (SSSR count). The number of hydrogen-bond acceptors (Lipinski definition) is 10. The monoisotopic (exact) mass is 1330 g/mol. The van der Waals surface area contributed by atoms with Gasteiger partial charge >= 0.3 is 76.8 Å². The van der Waals surface area contributed by atoms with Gasteiger partial charge < -0.3 is 28.1 Å². The van der Waals surface area contributed by atoms with Gasteiger partial charge in [-0.05, 0) is 115 Å². The molecule has 0 saturated heterocycles. The van der Waals surface area contributed by atoms with E-state index in [2.05, 4.69) is 59.9 Å². The van der Waals surface area contributed by atoms with Gasteiger partial charge in [-0.15, -0.1) is 0 Å². The number of ether oxygens (including phenoxy) is 4. The van der Waals surface area contributed by atoms with E-state index in [0.717, 1.165) is 22.3 Å². The summed E-state index contributed by atoms with van der Waals surface area (Å²) in [5.41, 5.74) is 6.91. The van der Waals surface area contributed by atoms with Crippen molar-refractivity contribution in [3.63, 3.8) is 0 Å². The van der Waals surface area contributed by atoms with Gasteiger partial charge in [-0.3, -0.25) is 24.2 Å². The zero-order chi connectivity index (χ0) is 49.7. The molecule has 0 aliphatic carbocycles. The number of rotatable bonds is 12. The van der Waals surface area contributed by atoms with Crippen molar-refractivity contribution in [2.24, 2.45) is 19.1 Å². The van der Waals surface area contributed by atoms with Crippen molar-refractivity contribution in [1.29, 1.82) is 0 Å². The minimum absolute atomic E-state index is 0.0240. The molecule has 1 aliphatic rings. The van der Waals surface area contributed by atoms with Crippen LogP contribution in [0.4, 0.5) is 0 Å². The minimum atomic E-state index is -0.581. The molecule has 354 valence electrons. The van der Waals surface area contributed by atoms with Gasteiger partial charge in [0.25, 0.3) is 11.1 Å². The van der Waals surface area contributed by atoms with E-state index in [4.69, 9.17) is 47.1 Å². The third-order valence-corrected chi connectivity index (χ3v) is 10.8. The quantitative estimate of drug-likeness (QED) is 0.0506. The SMILES string of the molecule is CCOC(=O)/C=C/c1cc(=O)n(C)cc1-c1ccc(OC)cc1C(=O)c1ccc(Cl)cc1.CCOC(=O)CC1N=C(c2ccc(Cl)cc2)c2cc(OC)ccc2-c2cn(C)c(=O)cc21.[I][V]([I])[I]. The molecule has 4 aromatic carbocycles. The van der Waals surface area contributed by atoms with Gasteiger partial charge in [0.15, 0.2) is 5.78 Å². The van der Waals surface area contributed by atoms with Crippen LogP contribution in [0.15, 0.2) is 130 Å². The maximum atomic E-state index is 13.4. The number of nitrogens with zero attached hydrogens (tertiary/aromatic N) is 3. The molecule has 0 fully saturated rings. The van der Waals surface area contributed by atoms with Crippen LogP contribution >= 0.6 is 83.1 Å². The Hall–Kier alpha value is -4.25. The summed E-state index contributed by atoms with van der Waals surface area (Å²) in [6.07, 6.45) is 6.22. The number of hydrogen-bond donors (Lipinski definition) is 0. The van der Waals surface area contributed by atoms with Crippen LogP contribution in [-0.4, -0.2) is 60.0 Å². The molecule has 68 heavy (non-hydrogen) atoms. The molecule has 3 heterocycles. The number of ketones is 1. The van der Waals surface area contributed by atoms with Crippen molar-refractivity contribution in [3.05, 3.63) is 180 Å². The predicted molar refractivity (Wildman–Crippen MR) is 291 cm³/mol. The van der Waals surface area contributed by atoms with E-state index in [1.54, 1.807) is 108 Å². The van der Waals surface area contributed by atoms with Crippen LogP contribution in [0.25, 0.3) is 28.3 Å². The molecule has 18 heteroatoms. The summed E-state index contributed by atoms with van der Waals surface area (Å²) in [7, 11) is 6.46. The van der Waals surface area contributed by atoms with E-state index < -0.39 is 12.0 Å². The van der Waals surface area contributed by atoms with Crippen molar-refractivity contribution in [1.82, 2.24) is 9.13 Å². The number of aryl methyl sites for hydroxylation is 2. The second kappa shape index (κ2) is 26.1. The molecule has 12 nitrogen and oxygen atoms in total. The van der Waals surface area contributed by atoms with Gasteiger partial charge in [-0.25, -0.2) is 4.79 Å². The Kier molecular flexibility index (Phi) is 21.0. The summed E-state index contributed by atoms with van der Waals surface area (Å²) in [5.74, 6) is 0.0723. The predicted octanol–water partition coefficient (Wildman–Crippen LogP) is 11.7. The Morgan fingerprint density at radius 3 is 1.82 bits per heavy atom. The average molecular weight is 1330 g/mol. The van der Waals surface area contributed by atoms with E-state index in [0.29, 0.717) is 60.6 Å². The average Bonchev–Trinajstić information content (AvgIpc) is 3.43. The van der Waals surface area contributed by atoms with Crippen LogP contribution in [0.5, 0.6) is 11.5 Å². The van der Waals surface area contributed by atoms with E-state index in [9.17, 15) is 24.0 Å². The zero-order valence-electron chi connectivity index (χ0n) is 37.6. The third kappa shape index (κ3) is 14.6. The van der Waals surface area contributed by atoms with Crippen molar-refractivity contribution in [2.75, 3.05) is 27.4 Å². The standard InChI is InChI=1S/C25H23ClN2O4.C25H22ClNO5.3HI.V/c1-4-32-24(30)13-22-19-12-23(29)28(2)14-21(19)18-10-9-17(31-3)11-20(18)25(27-22)15-5-7-16(26)8-6-15;1-4-32-24(29)12-7-17-13-23(28)27(2)15-22(17)20-11-10-19(31-3)14-21(20)25(30)16-5-8-18(26)9-6-16;;;;/h5-12,14,22H,4,13H2,1-3H3;5-15H,4H2,1-3H3;3*1H;/q;;;;;+3/p-3/b;12-7+;;;;. The fraction of sp³-hybridized carbons (Fsp3) is 0.200. The van der Waals surface area contributed by atoms with E-state index in [-0.39, 0.29) is 47.4 Å². The maximum absolute atomic E-state index is 13.4. The molecule has 0 amide bonds. The molecular formula is C50H45Cl2I3N3O9V. The summed E-state index contributed by atoms with van der Waals surface area (Å²) >= 11 is 19.5. The zero-order valence-corrected chi connectivity index (χ0v) is 47.0. The number of halogens is 5. The molecular weight excluding hydrogens is 1290 g/mol. The number of aliphatic imine (C=N–C) groups is 1. The first-order chi connectivity index (χ1) is 32.5. The summed E-state index contributed by atoms with van der Waals surface area (Å²) in [6, 6.07) is 27.2. The van der Waals surface area contributed by atoms with Crippen molar-refractivity contribution in [3.8, 4) is 33.8 Å². The van der Waals surface area contributed by atoms with E-state index in [1.165, 1.54) is 34.5 Å². The molecule has 0 radical (unpaired) electrons. The van der Waals surface area contributed by atoms with Crippen LogP contribution < -0.4 is 20.6 Å². The molecule has 0 saturated carbocycles. The fourth-order valence-corrected chi connectivity index (χ4v) is 7.33. The van der Waals surface area contributed by atoms with Crippen LogP contribution in [-0.2, 0) is 38.1 Å². The number of carbonyl (C=O) groups is 3. The van der Waals surface area contributed by atoms with Crippen molar-refractivity contribution in [2.45, 2.75) is 26.3 Å². The van der Waals surface area contributed by atoms with Gasteiger partial charge in [0.2, 0.25) is 0 Å². The second-order valence-electron chi connectivity index (χ2n) is 14.6. The number of carbonyl (C=O) groups excluding carboxylic acids is 3.